The molecule has 2 N–H and O–H groups in total. The van der Waals surface area contributed by atoms with Gasteiger partial charge in [-0.2, -0.15) is 0 Å². The number of nitrogens with zero attached hydrogens (tertiary/aromatic N) is 6. The van der Waals surface area contributed by atoms with Crippen molar-refractivity contribution in [2.45, 2.75) is 20.0 Å². The van der Waals surface area contributed by atoms with Crippen molar-refractivity contribution in [2.24, 2.45) is 9.98 Å². The van der Waals surface area contributed by atoms with Gasteiger partial charge in [-0.25, -0.2) is 20.0 Å². The Labute approximate surface area is 194 Å². The summed E-state index contributed by atoms with van der Waals surface area (Å²) in [7, 11) is 0. The van der Waals surface area contributed by atoms with Crippen molar-refractivity contribution < 1.29 is 0 Å². The van der Waals surface area contributed by atoms with Gasteiger partial charge in [0, 0.05) is 43.3 Å². The van der Waals surface area contributed by atoms with E-state index in [1.165, 1.54) is 5.69 Å². The Morgan fingerprint density at radius 2 is 1.39 bits per heavy atom. The number of aryl methyl sites for hydroxylation is 2. The SMILES string of the molecule is Cc1cc(C)nc(NC2=NC(c3ccccc3)N=C(N3CCN(c4ccccc4)CC3)N2)n1. The third-order valence-corrected chi connectivity index (χ3v) is 5.74. The molecular weight excluding hydrogens is 412 g/mol. The number of benzene rings is 2. The minimum Gasteiger partial charge on any atom is -0.368 e. The Kier molecular flexibility index (Phi) is 5.89. The van der Waals surface area contributed by atoms with E-state index in [1.54, 1.807) is 0 Å². The molecule has 2 aliphatic rings. The van der Waals surface area contributed by atoms with Gasteiger partial charge < -0.3 is 9.80 Å². The second-order valence-electron chi connectivity index (χ2n) is 8.25. The molecule has 1 saturated heterocycles. The normalized spacial score (nSPS) is 18.3. The third-order valence-electron chi connectivity index (χ3n) is 5.74. The highest BCUT2D eigenvalue weighted by Gasteiger charge is 2.26. The number of hydrogen-bond donors (Lipinski definition) is 2. The standard InChI is InChI=1S/C25H28N8/c1-18-17-19(2)27-23(26-18)30-24-28-22(20-9-5-3-6-10-20)29-25(31-24)33-15-13-32(14-16-33)21-11-7-4-8-12-21/h3-12,17,22H,13-16H2,1-2H3,(H2,26,27,28,29,30,31). The first kappa shape index (κ1) is 20.9. The van der Waals surface area contributed by atoms with E-state index in [2.05, 4.69) is 72.9 Å². The topological polar surface area (TPSA) is 81.0 Å². The molecule has 1 fully saturated rings. The molecule has 3 aromatic rings. The number of aliphatic imine (C=N–C) groups is 2. The lowest BCUT2D eigenvalue weighted by Gasteiger charge is -2.38. The minimum absolute atomic E-state index is 0.331. The summed E-state index contributed by atoms with van der Waals surface area (Å²) in [5.74, 6) is 1.95. The predicted octanol–water partition coefficient (Wildman–Crippen LogP) is 3.34. The first-order valence-electron chi connectivity index (χ1n) is 11.3. The van der Waals surface area contributed by atoms with Gasteiger partial charge in [0.2, 0.25) is 17.9 Å². The molecule has 3 heterocycles. The van der Waals surface area contributed by atoms with E-state index in [1.807, 2.05) is 38.1 Å². The minimum atomic E-state index is -0.331. The van der Waals surface area contributed by atoms with Crippen molar-refractivity contribution >= 4 is 23.6 Å². The average Bonchev–Trinajstić information content (AvgIpc) is 2.84. The monoisotopic (exact) mass is 440 g/mol. The summed E-state index contributed by atoms with van der Waals surface area (Å²) < 4.78 is 0. The summed E-state index contributed by atoms with van der Waals surface area (Å²) in [6.07, 6.45) is -0.331. The van der Waals surface area contributed by atoms with Crippen molar-refractivity contribution in [1.82, 2.24) is 20.2 Å². The Hall–Kier alpha value is -3.94. The zero-order chi connectivity index (χ0) is 22.6. The average molecular weight is 441 g/mol. The fourth-order valence-corrected chi connectivity index (χ4v) is 4.14. The number of guanidine groups is 2. The molecule has 1 unspecified atom stereocenters. The molecule has 0 aliphatic carbocycles. The lowest BCUT2D eigenvalue weighted by Crippen LogP contribution is -2.55. The molecule has 2 aromatic carbocycles. The lowest BCUT2D eigenvalue weighted by atomic mass is 10.2. The van der Waals surface area contributed by atoms with Crippen molar-refractivity contribution in [3.05, 3.63) is 83.7 Å². The molecule has 168 valence electrons. The summed E-state index contributed by atoms with van der Waals surface area (Å²) in [6, 6.07) is 22.6. The molecule has 0 amide bonds. The highest BCUT2D eigenvalue weighted by Crippen LogP contribution is 2.23. The molecule has 1 aromatic heterocycles. The quantitative estimate of drug-likeness (QED) is 0.650. The zero-order valence-corrected chi connectivity index (χ0v) is 18.9. The van der Waals surface area contributed by atoms with Crippen LogP contribution in [0, 0.1) is 13.8 Å². The van der Waals surface area contributed by atoms with E-state index >= 15 is 0 Å². The Balaban J connectivity index is 1.36. The van der Waals surface area contributed by atoms with Gasteiger partial charge in [0.25, 0.3) is 0 Å². The summed E-state index contributed by atoms with van der Waals surface area (Å²) in [5, 5.41) is 6.65. The van der Waals surface area contributed by atoms with Gasteiger partial charge in [0.15, 0.2) is 6.17 Å². The van der Waals surface area contributed by atoms with Crippen LogP contribution in [0.15, 0.2) is 76.7 Å². The van der Waals surface area contributed by atoms with E-state index in [9.17, 15) is 0 Å². The highest BCUT2D eigenvalue weighted by molar-refractivity contribution is 6.05. The second-order valence-corrected chi connectivity index (χ2v) is 8.25. The maximum Gasteiger partial charge on any atom is 0.229 e. The third kappa shape index (κ3) is 4.95. The van der Waals surface area contributed by atoms with Crippen molar-refractivity contribution in [2.75, 3.05) is 36.4 Å². The molecule has 2 aliphatic heterocycles. The van der Waals surface area contributed by atoms with Gasteiger partial charge >= 0.3 is 0 Å². The summed E-state index contributed by atoms with van der Waals surface area (Å²) >= 11 is 0. The number of anilines is 2. The molecular formula is C25H28N8. The maximum absolute atomic E-state index is 4.95. The van der Waals surface area contributed by atoms with Crippen LogP contribution in [0.1, 0.15) is 23.1 Å². The van der Waals surface area contributed by atoms with Gasteiger partial charge in [-0.15, -0.1) is 0 Å². The van der Waals surface area contributed by atoms with E-state index in [-0.39, 0.29) is 6.17 Å². The molecule has 8 heteroatoms. The van der Waals surface area contributed by atoms with Crippen LogP contribution >= 0.6 is 0 Å². The molecule has 0 bridgehead atoms. The van der Waals surface area contributed by atoms with Crippen LogP contribution < -0.4 is 15.5 Å². The van der Waals surface area contributed by atoms with Crippen molar-refractivity contribution in [3.8, 4) is 0 Å². The number of para-hydroxylation sites is 1. The van der Waals surface area contributed by atoms with Crippen LogP contribution in [0.2, 0.25) is 0 Å². The number of piperazine rings is 1. The van der Waals surface area contributed by atoms with Crippen LogP contribution in [-0.4, -0.2) is 53.0 Å². The fourth-order valence-electron chi connectivity index (χ4n) is 4.14. The van der Waals surface area contributed by atoms with E-state index in [4.69, 9.17) is 9.98 Å². The zero-order valence-electron chi connectivity index (χ0n) is 18.9. The highest BCUT2D eigenvalue weighted by atomic mass is 15.4. The van der Waals surface area contributed by atoms with Crippen LogP contribution in [0.5, 0.6) is 0 Å². The van der Waals surface area contributed by atoms with Crippen LogP contribution in [0.3, 0.4) is 0 Å². The molecule has 33 heavy (non-hydrogen) atoms. The number of hydrogen-bond acceptors (Lipinski definition) is 8. The van der Waals surface area contributed by atoms with Crippen molar-refractivity contribution in [3.63, 3.8) is 0 Å². The smallest absolute Gasteiger partial charge is 0.229 e. The van der Waals surface area contributed by atoms with E-state index in [0.717, 1.165) is 49.1 Å². The molecule has 8 nitrogen and oxygen atoms in total. The molecule has 0 radical (unpaired) electrons. The number of rotatable bonds is 3. The fraction of sp³-hybridized carbons (Fsp3) is 0.280. The summed E-state index contributed by atoms with van der Waals surface area (Å²) in [5.41, 5.74) is 4.12. The number of aromatic nitrogens is 2. The van der Waals surface area contributed by atoms with Gasteiger partial charge in [0.1, 0.15) is 0 Å². The first-order chi connectivity index (χ1) is 16.1. The number of nitrogens with one attached hydrogen (secondary N) is 2. The Morgan fingerprint density at radius 3 is 2.06 bits per heavy atom. The van der Waals surface area contributed by atoms with Gasteiger partial charge in [-0.05, 0) is 37.6 Å². The van der Waals surface area contributed by atoms with E-state index < -0.39 is 0 Å². The van der Waals surface area contributed by atoms with Gasteiger partial charge in [0.05, 0.1) is 0 Å². The Morgan fingerprint density at radius 1 is 0.788 bits per heavy atom. The summed E-state index contributed by atoms with van der Waals surface area (Å²) in [4.78, 5) is 23.5. The molecule has 0 saturated carbocycles. The van der Waals surface area contributed by atoms with Crippen LogP contribution in [0.4, 0.5) is 11.6 Å². The van der Waals surface area contributed by atoms with E-state index in [0.29, 0.717) is 11.9 Å². The Bertz CT molecular complexity index is 1130. The van der Waals surface area contributed by atoms with Crippen molar-refractivity contribution in [1.29, 1.82) is 0 Å². The lowest BCUT2D eigenvalue weighted by molar-refractivity contribution is 0.374. The first-order valence-corrected chi connectivity index (χ1v) is 11.3. The van der Waals surface area contributed by atoms with Gasteiger partial charge in [-0.1, -0.05) is 48.5 Å². The van der Waals surface area contributed by atoms with Gasteiger partial charge in [-0.3, -0.25) is 10.6 Å². The van der Waals surface area contributed by atoms with Crippen LogP contribution in [-0.2, 0) is 0 Å². The summed E-state index contributed by atoms with van der Waals surface area (Å²) in [6.45, 7) is 7.52. The molecule has 5 rings (SSSR count). The van der Waals surface area contributed by atoms with Crippen LogP contribution in [0.25, 0.3) is 0 Å². The maximum atomic E-state index is 4.95. The molecule has 1 atom stereocenters. The predicted molar refractivity (Wildman–Crippen MR) is 133 cm³/mol. The largest absolute Gasteiger partial charge is 0.368 e. The second kappa shape index (κ2) is 9.28. The molecule has 0 spiro atoms.